The van der Waals surface area contributed by atoms with Gasteiger partial charge in [0.1, 0.15) is 11.9 Å². The van der Waals surface area contributed by atoms with E-state index >= 15 is 0 Å². The number of nitrogens with two attached hydrogens (primary N) is 1. The van der Waals surface area contributed by atoms with Crippen LogP contribution in [0.4, 0.5) is 4.39 Å². The summed E-state index contributed by atoms with van der Waals surface area (Å²) in [5, 5.41) is 25.2. The number of aliphatic hydroxyl groups excluding tert-OH is 2. The maximum Gasteiger partial charge on any atom is 0.243 e. The van der Waals surface area contributed by atoms with Gasteiger partial charge in [-0.05, 0) is 36.5 Å². The third kappa shape index (κ3) is 7.38. The Morgan fingerprint density at radius 2 is 1.87 bits per heavy atom. The molecule has 6 N–H and O–H groups in total. The Hall–Kier alpha value is -2.52. The van der Waals surface area contributed by atoms with Crippen LogP contribution in [0.15, 0.2) is 24.3 Å². The van der Waals surface area contributed by atoms with Gasteiger partial charge < -0.3 is 26.6 Å². The molecule has 2 rings (SSSR count). The topological polar surface area (TPSA) is 142 Å². The van der Waals surface area contributed by atoms with Crippen LogP contribution in [0.5, 0.6) is 0 Å². The number of hydrogen-bond donors (Lipinski definition) is 5. The van der Waals surface area contributed by atoms with Crippen LogP contribution < -0.4 is 16.4 Å². The van der Waals surface area contributed by atoms with Crippen LogP contribution in [0.2, 0.25) is 0 Å². The van der Waals surface area contributed by atoms with Crippen molar-refractivity contribution in [1.29, 1.82) is 0 Å². The number of carbonyl (C=O) groups is 3. The zero-order chi connectivity index (χ0) is 22.1. The SMILES string of the molecule is NC(=O)CC(NC(=O)Cc1cccc(F)c1)C(=O)NC(CO)C(O)C1CCCCC1. The molecule has 1 aliphatic rings. The fourth-order valence-electron chi connectivity index (χ4n) is 3.81. The van der Waals surface area contributed by atoms with Crippen LogP contribution in [0.3, 0.4) is 0 Å². The first-order valence-electron chi connectivity index (χ1n) is 10.2. The minimum Gasteiger partial charge on any atom is -0.394 e. The molecule has 0 spiro atoms. The van der Waals surface area contributed by atoms with E-state index in [1.165, 1.54) is 18.2 Å². The Morgan fingerprint density at radius 3 is 2.47 bits per heavy atom. The molecule has 3 atom stereocenters. The first-order valence-corrected chi connectivity index (χ1v) is 10.2. The molecule has 8 nitrogen and oxygen atoms in total. The molecule has 0 bridgehead atoms. The van der Waals surface area contributed by atoms with Crippen molar-refractivity contribution in [3.05, 3.63) is 35.6 Å². The molecule has 9 heteroatoms. The number of primary amides is 1. The van der Waals surface area contributed by atoms with Gasteiger partial charge in [-0.1, -0.05) is 31.4 Å². The lowest BCUT2D eigenvalue weighted by Crippen LogP contribution is -2.56. The van der Waals surface area contributed by atoms with Crippen molar-refractivity contribution in [2.24, 2.45) is 11.7 Å². The van der Waals surface area contributed by atoms with Gasteiger partial charge in [-0.15, -0.1) is 0 Å². The molecule has 3 amide bonds. The molecule has 1 fully saturated rings. The molecule has 0 saturated heterocycles. The second-order valence-electron chi connectivity index (χ2n) is 7.78. The van der Waals surface area contributed by atoms with Crippen LogP contribution >= 0.6 is 0 Å². The molecule has 1 aromatic rings. The van der Waals surface area contributed by atoms with Crippen LogP contribution in [0, 0.1) is 11.7 Å². The van der Waals surface area contributed by atoms with E-state index in [2.05, 4.69) is 10.6 Å². The van der Waals surface area contributed by atoms with E-state index in [-0.39, 0.29) is 12.3 Å². The van der Waals surface area contributed by atoms with Crippen LogP contribution in [-0.4, -0.2) is 52.7 Å². The van der Waals surface area contributed by atoms with Crippen LogP contribution in [0.1, 0.15) is 44.1 Å². The maximum atomic E-state index is 13.3. The minimum absolute atomic E-state index is 0.0339. The number of halogens is 1. The summed E-state index contributed by atoms with van der Waals surface area (Å²) in [5.41, 5.74) is 5.61. The molecule has 1 aliphatic carbocycles. The second kappa shape index (κ2) is 11.6. The van der Waals surface area contributed by atoms with Gasteiger partial charge in [0, 0.05) is 0 Å². The number of benzene rings is 1. The van der Waals surface area contributed by atoms with E-state index in [0.29, 0.717) is 5.56 Å². The van der Waals surface area contributed by atoms with Gasteiger partial charge in [0.05, 0.1) is 31.6 Å². The molecule has 1 saturated carbocycles. The van der Waals surface area contributed by atoms with Gasteiger partial charge in [0.25, 0.3) is 0 Å². The largest absolute Gasteiger partial charge is 0.394 e. The van der Waals surface area contributed by atoms with Crippen LogP contribution in [-0.2, 0) is 20.8 Å². The summed E-state index contributed by atoms with van der Waals surface area (Å²) in [5.74, 6) is -2.64. The summed E-state index contributed by atoms with van der Waals surface area (Å²) in [6.07, 6.45) is 3.11. The first kappa shape index (κ1) is 23.8. The van der Waals surface area contributed by atoms with Crippen molar-refractivity contribution in [2.45, 2.75) is 63.1 Å². The van der Waals surface area contributed by atoms with E-state index in [1.54, 1.807) is 6.07 Å². The Kier molecular flexibility index (Phi) is 9.19. The average molecular weight is 423 g/mol. The highest BCUT2D eigenvalue weighted by molar-refractivity contribution is 5.92. The molecular formula is C21H30FN3O5. The third-order valence-corrected chi connectivity index (χ3v) is 5.38. The van der Waals surface area contributed by atoms with E-state index in [0.717, 1.165) is 32.1 Å². The number of hydrogen-bond acceptors (Lipinski definition) is 5. The highest BCUT2D eigenvalue weighted by atomic mass is 19.1. The highest BCUT2D eigenvalue weighted by Gasteiger charge is 2.32. The first-order chi connectivity index (χ1) is 14.3. The van der Waals surface area contributed by atoms with Crippen molar-refractivity contribution >= 4 is 17.7 Å². The number of amides is 3. The highest BCUT2D eigenvalue weighted by Crippen LogP contribution is 2.27. The van der Waals surface area contributed by atoms with E-state index < -0.39 is 54.8 Å². The van der Waals surface area contributed by atoms with Crippen molar-refractivity contribution < 1.29 is 29.0 Å². The fourth-order valence-corrected chi connectivity index (χ4v) is 3.81. The summed E-state index contributed by atoms with van der Waals surface area (Å²) < 4.78 is 13.3. The van der Waals surface area contributed by atoms with E-state index in [9.17, 15) is 29.0 Å². The summed E-state index contributed by atoms with van der Waals surface area (Å²) in [7, 11) is 0. The molecule has 30 heavy (non-hydrogen) atoms. The van der Waals surface area contributed by atoms with Crippen molar-refractivity contribution in [3.63, 3.8) is 0 Å². The molecule has 166 valence electrons. The van der Waals surface area contributed by atoms with Crippen molar-refractivity contribution in [1.82, 2.24) is 10.6 Å². The van der Waals surface area contributed by atoms with Crippen molar-refractivity contribution in [2.75, 3.05) is 6.61 Å². The number of aliphatic hydroxyl groups is 2. The second-order valence-corrected chi connectivity index (χ2v) is 7.78. The lowest BCUT2D eigenvalue weighted by molar-refractivity contribution is -0.132. The quantitative estimate of drug-likeness (QED) is 0.364. The fraction of sp³-hybridized carbons (Fsp3) is 0.571. The number of carbonyl (C=O) groups excluding carboxylic acids is 3. The predicted octanol–water partition coefficient (Wildman–Crippen LogP) is 0.147. The molecule has 3 unspecified atom stereocenters. The smallest absolute Gasteiger partial charge is 0.243 e. The minimum atomic E-state index is -1.27. The molecular weight excluding hydrogens is 393 g/mol. The van der Waals surface area contributed by atoms with Gasteiger partial charge >= 0.3 is 0 Å². The lowest BCUT2D eigenvalue weighted by Gasteiger charge is -2.32. The lowest BCUT2D eigenvalue weighted by atomic mass is 9.82. The molecule has 0 radical (unpaired) electrons. The molecule has 0 heterocycles. The normalized spacial score (nSPS) is 17.6. The zero-order valence-electron chi connectivity index (χ0n) is 16.9. The Labute approximate surface area is 175 Å². The summed E-state index contributed by atoms with van der Waals surface area (Å²) in [6, 6.07) is 3.29. The van der Waals surface area contributed by atoms with Gasteiger partial charge in [0.15, 0.2) is 0 Å². The van der Waals surface area contributed by atoms with Crippen LogP contribution in [0.25, 0.3) is 0 Å². The Bertz CT molecular complexity index is 739. The average Bonchev–Trinajstić information content (AvgIpc) is 2.71. The van der Waals surface area contributed by atoms with Gasteiger partial charge in [-0.3, -0.25) is 14.4 Å². The Morgan fingerprint density at radius 1 is 1.17 bits per heavy atom. The summed E-state index contributed by atoms with van der Waals surface area (Å²) in [6.45, 7) is -0.482. The standard InChI is InChI=1S/C21H30FN3O5/c22-15-8-4-5-13(9-15)10-19(28)24-16(11-18(23)27)21(30)25-17(12-26)20(29)14-6-2-1-3-7-14/h4-5,8-9,14,16-17,20,26,29H,1-3,6-7,10-12H2,(H2,23,27)(H,24,28)(H,25,30). The van der Waals surface area contributed by atoms with E-state index in [4.69, 9.17) is 5.73 Å². The van der Waals surface area contributed by atoms with E-state index in [1.807, 2.05) is 0 Å². The number of nitrogens with one attached hydrogen (secondary N) is 2. The third-order valence-electron chi connectivity index (χ3n) is 5.38. The zero-order valence-corrected chi connectivity index (χ0v) is 16.9. The Balaban J connectivity index is 2.00. The summed E-state index contributed by atoms with van der Waals surface area (Å²) >= 11 is 0. The van der Waals surface area contributed by atoms with Gasteiger partial charge in [-0.25, -0.2) is 4.39 Å². The maximum absolute atomic E-state index is 13.3. The summed E-state index contributed by atoms with van der Waals surface area (Å²) in [4.78, 5) is 36.3. The van der Waals surface area contributed by atoms with Crippen molar-refractivity contribution in [3.8, 4) is 0 Å². The monoisotopic (exact) mass is 423 g/mol. The molecule has 1 aromatic carbocycles. The predicted molar refractivity (Wildman–Crippen MR) is 107 cm³/mol. The van der Waals surface area contributed by atoms with Gasteiger partial charge in [-0.2, -0.15) is 0 Å². The van der Waals surface area contributed by atoms with Gasteiger partial charge in [0.2, 0.25) is 17.7 Å². The molecule has 0 aromatic heterocycles. The molecule has 0 aliphatic heterocycles. The number of rotatable bonds is 10.